The van der Waals surface area contributed by atoms with E-state index in [0.29, 0.717) is 22.6 Å². The van der Waals surface area contributed by atoms with Crippen molar-refractivity contribution in [2.75, 3.05) is 0 Å². The van der Waals surface area contributed by atoms with E-state index in [1.165, 1.54) is 0 Å². The number of rotatable bonds is 6. The fraction of sp³-hybridized carbons (Fsp3) is 0.333. The maximum atomic E-state index is 12.2. The van der Waals surface area contributed by atoms with Crippen molar-refractivity contribution in [1.29, 1.82) is 0 Å². The Morgan fingerprint density at radius 1 is 0.560 bits per heavy atom. The van der Waals surface area contributed by atoms with Crippen molar-refractivity contribution >= 4 is 0 Å². The molecule has 0 N–H and O–H groups in total. The van der Waals surface area contributed by atoms with Gasteiger partial charge in [-0.2, -0.15) is 26.3 Å². The molecular weight excluding hydrogens is 346 g/mol. The summed E-state index contributed by atoms with van der Waals surface area (Å²) in [6.07, 6.45) is -10.3. The van der Waals surface area contributed by atoms with E-state index in [-0.39, 0.29) is 12.8 Å². The second kappa shape index (κ2) is 7.80. The summed E-state index contributed by atoms with van der Waals surface area (Å²) in [4.78, 5) is 0. The second-order valence-corrected chi connectivity index (χ2v) is 5.62. The van der Waals surface area contributed by atoms with Crippen molar-refractivity contribution < 1.29 is 31.1 Å². The van der Waals surface area contributed by atoms with E-state index < -0.39 is 25.2 Å². The van der Waals surface area contributed by atoms with Gasteiger partial charge in [0.1, 0.15) is 11.5 Å². The fourth-order valence-corrected chi connectivity index (χ4v) is 2.16. The Labute approximate surface area is 141 Å². The van der Waals surface area contributed by atoms with E-state index >= 15 is 0 Å². The number of alkyl halides is 6. The second-order valence-electron chi connectivity index (χ2n) is 5.62. The average Bonchev–Trinajstić information content (AvgIpc) is 2.52. The zero-order valence-corrected chi connectivity index (χ0v) is 13.1. The molecule has 0 fully saturated rings. The van der Waals surface area contributed by atoms with Crippen molar-refractivity contribution in [2.45, 2.75) is 38.0 Å². The zero-order valence-electron chi connectivity index (χ0n) is 13.1. The van der Waals surface area contributed by atoms with Crippen LogP contribution in [0.1, 0.15) is 24.0 Å². The zero-order chi connectivity index (χ0) is 18.5. The highest BCUT2D eigenvalue weighted by atomic mass is 19.4. The van der Waals surface area contributed by atoms with Gasteiger partial charge in [-0.1, -0.05) is 24.3 Å². The van der Waals surface area contributed by atoms with Crippen molar-refractivity contribution in [1.82, 2.24) is 0 Å². The molecule has 2 aromatic carbocycles. The standard InChI is InChI=1S/C18H16F6O/c19-17(20,21)11-9-13-1-5-15(6-2-13)25-16-7-3-14(4-8-16)10-12-18(22,23)24/h1-8H,9-12H2. The molecule has 0 bridgehead atoms. The molecule has 0 atom stereocenters. The van der Waals surface area contributed by atoms with Gasteiger partial charge in [0.05, 0.1) is 0 Å². The topological polar surface area (TPSA) is 9.23 Å². The largest absolute Gasteiger partial charge is 0.457 e. The van der Waals surface area contributed by atoms with Gasteiger partial charge in [0.2, 0.25) is 0 Å². The summed E-state index contributed by atoms with van der Waals surface area (Å²) in [6, 6.07) is 12.5. The van der Waals surface area contributed by atoms with Gasteiger partial charge in [-0.05, 0) is 48.2 Å². The lowest BCUT2D eigenvalue weighted by Crippen LogP contribution is -2.08. The summed E-state index contributed by atoms with van der Waals surface area (Å²) in [5.41, 5.74) is 1.10. The molecule has 0 heterocycles. The van der Waals surface area contributed by atoms with E-state index in [1.54, 1.807) is 48.5 Å². The van der Waals surface area contributed by atoms with Gasteiger partial charge in [0, 0.05) is 12.8 Å². The minimum absolute atomic E-state index is 0.0995. The molecule has 1 nitrogen and oxygen atoms in total. The minimum Gasteiger partial charge on any atom is -0.457 e. The van der Waals surface area contributed by atoms with Crippen LogP contribution >= 0.6 is 0 Å². The van der Waals surface area contributed by atoms with Crippen LogP contribution in [-0.2, 0) is 12.8 Å². The van der Waals surface area contributed by atoms with Gasteiger partial charge in [0.15, 0.2) is 0 Å². The van der Waals surface area contributed by atoms with E-state index in [4.69, 9.17) is 4.74 Å². The van der Waals surface area contributed by atoms with Crippen LogP contribution in [0.5, 0.6) is 11.5 Å². The molecule has 0 aliphatic heterocycles. The van der Waals surface area contributed by atoms with Crippen LogP contribution in [0.3, 0.4) is 0 Å². The summed E-state index contributed by atoms with van der Waals surface area (Å²) in [5, 5.41) is 0. The number of hydrogen-bond acceptors (Lipinski definition) is 1. The van der Waals surface area contributed by atoms with Crippen molar-refractivity contribution in [3.8, 4) is 11.5 Å². The highest BCUT2D eigenvalue weighted by Crippen LogP contribution is 2.26. The van der Waals surface area contributed by atoms with Crippen molar-refractivity contribution in [3.05, 3.63) is 59.7 Å². The summed E-state index contributed by atoms with van der Waals surface area (Å²) in [7, 11) is 0. The number of ether oxygens (including phenoxy) is 1. The summed E-state index contributed by atoms with van der Waals surface area (Å²) < 4.78 is 78.6. The van der Waals surface area contributed by atoms with Crippen LogP contribution in [-0.4, -0.2) is 12.4 Å². The smallest absolute Gasteiger partial charge is 0.389 e. The first-order chi connectivity index (χ1) is 11.6. The lowest BCUT2D eigenvalue weighted by Gasteiger charge is -2.09. The van der Waals surface area contributed by atoms with Gasteiger partial charge in [-0.15, -0.1) is 0 Å². The third-order valence-electron chi connectivity index (χ3n) is 3.48. The molecule has 0 aliphatic carbocycles. The molecule has 0 saturated heterocycles. The van der Waals surface area contributed by atoms with Crippen molar-refractivity contribution in [2.24, 2.45) is 0 Å². The van der Waals surface area contributed by atoms with E-state index in [9.17, 15) is 26.3 Å². The fourth-order valence-electron chi connectivity index (χ4n) is 2.16. The molecule has 7 heteroatoms. The Morgan fingerprint density at radius 3 is 1.16 bits per heavy atom. The first kappa shape index (κ1) is 19.1. The SMILES string of the molecule is FC(F)(F)CCc1ccc(Oc2ccc(CCC(F)(F)F)cc2)cc1. The lowest BCUT2D eigenvalue weighted by atomic mass is 10.1. The average molecular weight is 362 g/mol. The highest BCUT2D eigenvalue weighted by molar-refractivity contribution is 5.34. The van der Waals surface area contributed by atoms with Crippen molar-refractivity contribution in [3.63, 3.8) is 0 Å². The summed E-state index contributed by atoms with van der Waals surface area (Å²) >= 11 is 0. The molecule has 2 aromatic rings. The van der Waals surface area contributed by atoms with Gasteiger partial charge in [0.25, 0.3) is 0 Å². The Kier molecular flexibility index (Phi) is 5.98. The molecule has 0 aliphatic rings. The van der Waals surface area contributed by atoms with Crippen LogP contribution in [0.4, 0.5) is 26.3 Å². The first-order valence-corrected chi connectivity index (χ1v) is 7.60. The molecule has 0 unspecified atom stereocenters. The molecule has 0 saturated carbocycles. The molecule has 2 rings (SSSR count). The summed E-state index contributed by atoms with van der Waals surface area (Å²) in [6.45, 7) is 0. The van der Waals surface area contributed by atoms with Crippen LogP contribution < -0.4 is 4.74 Å². The third-order valence-corrected chi connectivity index (χ3v) is 3.48. The van der Waals surface area contributed by atoms with Gasteiger partial charge >= 0.3 is 12.4 Å². The van der Waals surface area contributed by atoms with E-state index in [0.717, 1.165) is 0 Å². The Balaban J connectivity index is 1.89. The molecule has 0 spiro atoms. The molecule has 0 amide bonds. The molecule has 0 radical (unpaired) electrons. The molecule has 25 heavy (non-hydrogen) atoms. The molecule has 0 aromatic heterocycles. The molecular formula is C18H16F6O. The van der Waals surface area contributed by atoms with E-state index in [1.807, 2.05) is 0 Å². The third kappa shape index (κ3) is 7.49. The maximum absolute atomic E-state index is 12.2. The first-order valence-electron chi connectivity index (χ1n) is 7.60. The normalized spacial score (nSPS) is 12.2. The van der Waals surface area contributed by atoms with Crippen LogP contribution in [0.2, 0.25) is 0 Å². The lowest BCUT2D eigenvalue weighted by molar-refractivity contribution is -0.134. The number of halogens is 6. The number of benzene rings is 2. The van der Waals surface area contributed by atoms with Gasteiger partial charge in [-0.3, -0.25) is 0 Å². The van der Waals surface area contributed by atoms with Crippen LogP contribution in [0.25, 0.3) is 0 Å². The predicted octanol–water partition coefficient (Wildman–Crippen LogP) is 6.47. The highest BCUT2D eigenvalue weighted by Gasteiger charge is 2.27. The number of hydrogen-bond donors (Lipinski definition) is 0. The quantitative estimate of drug-likeness (QED) is 0.535. The minimum atomic E-state index is -4.19. The van der Waals surface area contributed by atoms with Crippen LogP contribution in [0, 0.1) is 0 Å². The Bertz CT molecular complexity index is 596. The monoisotopic (exact) mass is 362 g/mol. The maximum Gasteiger partial charge on any atom is 0.389 e. The van der Waals surface area contributed by atoms with E-state index in [2.05, 4.69) is 0 Å². The van der Waals surface area contributed by atoms with Crippen LogP contribution in [0.15, 0.2) is 48.5 Å². The summed E-state index contributed by atoms with van der Waals surface area (Å²) in [5.74, 6) is 0.887. The molecule has 136 valence electrons. The Morgan fingerprint density at radius 2 is 0.880 bits per heavy atom. The van der Waals surface area contributed by atoms with Gasteiger partial charge < -0.3 is 4.74 Å². The van der Waals surface area contributed by atoms with Gasteiger partial charge in [-0.25, -0.2) is 0 Å². The Hall–Kier alpha value is -2.18. The number of aryl methyl sites for hydroxylation is 2. The predicted molar refractivity (Wildman–Crippen MR) is 81.7 cm³/mol.